The van der Waals surface area contributed by atoms with E-state index in [9.17, 15) is 9.59 Å². The standard InChI is InChI=1S/C15H19N5O3S/c1-9-11(10(2)17-15(16-9)24-3)4-5-13(21)18-12-6-7-20(19-12)8-14(22)23/h6-7H,4-5,8H2,1-3H3,(H,22,23)(H,18,19,21). The number of carbonyl (C=O) groups excluding carboxylic acids is 1. The summed E-state index contributed by atoms with van der Waals surface area (Å²) in [5.41, 5.74) is 2.73. The second-order valence-electron chi connectivity index (χ2n) is 5.20. The molecule has 0 aromatic carbocycles. The summed E-state index contributed by atoms with van der Waals surface area (Å²) in [5, 5.41) is 16.1. The number of amides is 1. The van der Waals surface area contributed by atoms with E-state index in [-0.39, 0.29) is 18.9 Å². The lowest BCUT2D eigenvalue weighted by Crippen LogP contribution is -2.15. The Morgan fingerprint density at radius 3 is 2.54 bits per heavy atom. The summed E-state index contributed by atoms with van der Waals surface area (Å²) >= 11 is 1.48. The average Bonchev–Trinajstić information content (AvgIpc) is 2.92. The highest BCUT2D eigenvalue weighted by atomic mass is 32.2. The van der Waals surface area contributed by atoms with Gasteiger partial charge < -0.3 is 10.4 Å². The third-order valence-electron chi connectivity index (χ3n) is 3.39. The number of aryl methyl sites for hydroxylation is 2. The zero-order valence-electron chi connectivity index (χ0n) is 13.7. The number of aliphatic carboxylic acids is 1. The summed E-state index contributed by atoms with van der Waals surface area (Å²) < 4.78 is 1.25. The van der Waals surface area contributed by atoms with Crippen molar-refractivity contribution in [3.63, 3.8) is 0 Å². The summed E-state index contributed by atoms with van der Waals surface area (Å²) in [6, 6.07) is 1.56. The van der Waals surface area contributed by atoms with Gasteiger partial charge in [-0.05, 0) is 32.1 Å². The number of nitrogens with zero attached hydrogens (tertiary/aromatic N) is 4. The maximum atomic E-state index is 12.0. The van der Waals surface area contributed by atoms with Gasteiger partial charge in [-0.25, -0.2) is 9.97 Å². The molecule has 0 aliphatic rings. The van der Waals surface area contributed by atoms with Gasteiger partial charge in [-0.15, -0.1) is 0 Å². The maximum absolute atomic E-state index is 12.0. The number of aromatic nitrogens is 4. The number of hydrogen-bond donors (Lipinski definition) is 2. The van der Waals surface area contributed by atoms with Crippen LogP contribution < -0.4 is 5.32 Å². The van der Waals surface area contributed by atoms with Gasteiger partial charge in [0.1, 0.15) is 6.54 Å². The quantitative estimate of drug-likeness (QED) is 0.578. The molecule has 0 aliphatic carbocycles. The Balaban J connectivity index is 1.94. The van der Waals surface area contributed by atoms with E-state index in [1.807, 2.05) is 20.1 Å². The number of rotatable bonds is 7. The van der Waals surface area contributed by atoms with Crippen molar-refractivity contribution in [1.29, 1.82) is 0 Å². The number of nitrogens with one attached hydrogen (secondary N) is 1. The molecule has 0 radical (unpaired) electrons. The van der Waals surface area contributed by atoms with Crippen LogP contribution in [0.5, 0.6) is 0 Å². The molecule has 2 heterocycles. The molecule has 0 fully saturated rings. The SMILES string of the molecule is CSc1nc(C)c(CCC(=O)Nc2ccn(CC(=O)O)n2)c(C)n1. The van der Waals surface area contributed by atoms with Gasteiger partial charge in [0.25, 0.3) is 0 Å². The third-order valence-corrected chi connectivity index (χ3v) is 3.94. The van der Waals surface area contributed by atoms with Crippen LogP contribution in [0.1, 0.15) is 23.4 Å². The van der Waals surface area contributed by atoms with Crippen molar-refractivity contribution in [3.05, 3.63) is 29.2 Å². The third kappa shape index (κ3) is 4.79. The Kier molecular flexibility index (Phi) is 5.91. The number of anilines is 1. The monoisotopic (exact) mass is 349 g/mol. The van der Waals surface area contributed by atoms with Crippen LogP contribution in [0, 0.1) is 13.8 Å². The van der Waals surface area contributed by atoms with Crippen molar-refractivity contribution in [2.24, 2.45) is 0 Å². The molecule has 0 unspecified atom stereocenters. The van der Waals surface area contributed by atoms with Crippen LogP contribution in [0.3, 0.4) is 0 Å². The fourth-order valence-corrected chi connectivity index (χ4v) is 2.72. The molecule has 0 saturated carbocycles. The molecule has 24 heavy (non-hydrogen) atoms. The van der Waals surface area contributed by atoms with Gasteiger partial charge in [0.15, 0.2) is 11.0 Å². The second kappa shape index (κ2) is 7.91. The topological polar surface area (TPSA) is 110 Å². The van der Waals surface area contributed by atoms with Gasteiger partial charge in [-0.2, -0.15) is 5.10 Å². The normalized spacial score (nSPS) is 10.6. The lowest BCUT2D eigenvalue weighted by molar-refractivity contribution is -0.137. The van der Waals surface area contributed by atoms with Crippen molar-refractivity contribution in [2.45, 2.75) is 38.4 Å². The van der Waals surface area contributed by atoms with Gasteiger partial charge in [-0.1, -0.05) is 11.8 Å². The van der Waals surface area contributed by atoms with Crippen molar-refractivity contribution >= 4 is 29.5 Å². The number of hydrogen-bond acceptors (Lipinski definition) is 6. The first kappa shape index (κ1) is 17.9. The minimum atomic E-state index is -0.990. The Bertz CT molecular complexity index is 736. The molecule has 0 atom stereocenters. The van der Waals surface area contributed by atoms with Crippen molar-refractivity contribution < 1.29 is 14.7 Å². The van der Waals surface area contributed by atoms with E-state index in [1.54, 1.807) is 6.07 Å². The van der Waals surface area contributed by atoms with E-state index < -0.39 is 5.97 Å². The van der Waals surface area contributed by atoms with E-state index in [0.717, 1.165) is 22.1 Å². The van der Waals surface area contributed by atoms with Gasteiger partial charge in [0.2, 0.25) is 5.91 Å². The van der Waals surface area contributed by atoms with Crippen LogP contribution in [0.25, 0.3) is 0 Å². The van der Waals surface area contributed by atoms with E-state index >= 15 is 0 Å². The Hall–Kier alpha value is -2.42. The molecule has 0 saturated heterocycles. The van der Waals surface area contributed by atoms with Crippen molar-refractivity contribution in [1.82, 2.24) is 19.7 Å². The van der Waals surface area contributed by atoms with Crippen LogP contribution in [-0.2, 0) is 22.6 Å². The lowest BCUT2D eigenvalue weighted by atomic mass is 10.1. The summed E-state index contributed by atoms with van der Waals surface area (Å²) in [4.78, 5) is 31.4. The number of carbonyl (C=O) groups is 2. The van der Waals surface area contributed by atoms with Gasteiger partial charge in [0, 0.05) is 30.1 Å². The predicted octanol–water partition coefficient (Wildman–Crippen LogP) is 1.67. The molecule has 0 spiro atoms. The molecule has 128 valence electrons. The Morgan fingerprint density at radius 1 is 1.29 bits per heavy atom. The first-order chi connectivity index (χ1) is 11.4. The first-order valence-corrected chi connectivity index (χ1v) is 8.54. The summed E-state index contributed by atoms with van der Waals surface area (Å²) in [7, 11) is 0. The Morgan fingerprint density at radius 2 is 1.96 bits per heavy atom. The number of carboxylic acid groups (broad SMARTS) is 1. The van der Waals surface area contributed by atoms with E-state index in [4.69, 9.17) is 5.11 Å². The molecule has 2 aromatic rings. The lowest BCUT2D eigenvalue weighted by Gasteiger charge is -2.09. The largest absolute Gasteiger partial charge is 0.480 e. The second-order valence-corrected chi connectivity index (χ2v) is 5.97. The summed E-state index contributed by atoms with van der Waals surface area (Å²) in [6.45, 7) is 3.58. The van der Waals surface area contributed by atoms with E-state index in [1.165, 1.54) is 22.6 Å². The smallest absolute Gasteiger partial charge is 0.325 e. The van der Waals surface area contributed by atoms with Gasteiger partial charge in [-0.3, -0.25) is 14.3 Å². The molecular formula is C15H19N5O3S. The predicted molar refractivity (Wildman–Crippen MR) is 90.1 cm³/mol. The van der Waals surface area contributed by atoms with Crippen molar-refractivity contribution in [3.8, 4) is 0 Å². The highest BCUT2D eigenvalue weighted by molar-refractivity contribution is 7.98. The molecule has 1 amide bonds. The minimum absolute atomic E-state index is 0.191. The van der Waals surface area contributed by atoms with Gasteiger partial charge in [0.05, 0.1) is 0 Å². The highest BCUT2D eigenvalue weighted by Gasteiger charge is 2.12. The van der Waals surface area contributed by atoms with Crippen LogP contribution >= 0.6 is 11.8 Å². The summed E-state index contributed by atoms with van der Waals surface area (Å²) in [5.74, 6) is -0.845. The zero-order valence-corrected chi connectivity index (χ0v) is 14.6. The minimum Gasteiger partial charge on any atom is -0.480 e. The number of carboxylic acids is 1. The van der Waals surface area contributed by atoms with E-state index in [2.05, 4.69) is 20.4 Å². The molecule has 9 heteroatoms. The molecule has 2 N–H and O–H groups in total. The molecule has 8 nitrogen and oxygen atoms in total. The number of thioether (sulfide) groups is 1. The Labute approximate surface area is 143 Å². The average molecular weight is 349 g/mol. The molecule has 2 rings (SSSR count). The highest BCUT2D eigenvalue weighted by Crippen LogP contribution is 2.17. The summed E-state index contributed by atoms with van der Waals surface area (Å²) in [6.07, 6.45) is 4.24. The molecule has 0 bridgehead atoms. The maximum Gasteiger partial charge on any atom is 0.325 e. The van der Waals surface area contributed by atoms with Crippen LogP contribution in [-0.4, -0.2) is 43.0 Å². The fraction of sp³-hybridized carbons (Fsp3) is 0.400. The van der Waals surface area contributed by atoms with Crippen LogP contribution in [0.2, 0.25) is 0 Å². The van der Waals surface area contributed by atoms with Crippen molar-refractivity contribution in [2.75, 3.05) is 11.6 Å². The van der Waals surface area contributed by atoms with Gasteiger partial charge >= 0.3 is 5.97 Å². The zero-order chi connectivity index (χ0) is 17.7. The van der Waals surface area contributed by atoms with E-state index in [0.29, 0.717) is 12.2 Å². The fourth-order valence-electron chi connectivity index (χ4n) is 2.26. The first-order valence-electron chi connectivity index (χ1n) is 7.32. The molecular weight excluding hydrogens is 330 g/mol. The molecule has 0 aliphatic heterocycles. The molecule has 2 aromatic heterocycles. The van der Waals surface area contributed by atoms with Crippen LogP contribution in [0.4, 0.5) is 5.82 Å². The van der Waals surface area contributed by atoms with Crippen LogP contribution in [0.15, 0.2) is 17.4 Å².